The smallest absolute Gasteiger partial charge is 0.355 e. The van der Waals surface area contributed by atoms with Crippen LogP contribution in [0.15, 0.2) is 42.6 Å². The highest BCUT2D eigenvalue weighted by Gasteiger charge is 2.19. The van der Waals surface area contributed by atoms with Gasteiger partial charge in [0.05, 0.1) is 6.61 Å². The van der Waals surface area contributed by atoms with Crippen molar-refractivity contribution in [2.75, 3.05) is 6.61 Å². The molecule has 0 amide bonds. The SMILES string of the molecule is CCCOc1ccc(-c2nc3ccc(C)cn3c2C(=O)O)cc1. The van der Waals surface area contributed by atoms with Crippen molar-refractivity contribution in [2.24, 2.45) is 0 Å². The molecule has 3 rings (SSSR count). The molecule has 0 radical (unpaired) electrons. The molecule has 0 atom stereocenters. The van der Waals surface area contributed by atoms with Gasteiger partial charge in [0.25, 0.3) is 0 Å². The lowest BCUT2D eigenvalue weighted by molar-refractivity contribution is 0.0690. The third kappa shape index (κ3) is 2.90. The first-order valence-corrected chi connectivity index (χ1v) is 7.55. The zero-order chi connectivity index (χ0) is 16.4. The quantitative estimate of drug-likeness (QED) is 0.778. The number of benzene rings is 1. The summed E-state index contributed by atoms with van der Waals surface area (Å²) in [4.78, 5) is 16.2. The maximum absolute atomic E-state index is 11.7. The van der Waals surface area contributed by atoms with Crippen molar-refractivity contribution in [3.63, 3.8) is 0 Å². The Morgan fingerprint density at radius 1 is 1.22 bits per heavy atom. The van der Waals surface area contributed by atoms with Gasteiger partial charge in [0.15, 0.2) is 5.69 Å². The predicted molar refractivity (Wildman–Crippen MR) is 88.1 cm³/mol. The van der Waals surface area contributed by atoms with E-state index in [1.54, 1.807) is 10.6 Å². The van der Waals surface area contributed by atoms with E-state index >= 15 is 0 Å². The van der Waals surface area contributed by atoms with Crippen molar-refractivity contribution in [1.82, 2.24) is 9.38 Å². The van der Waals surface area contributed by atoms with E-state index in [2.05, 4.69) is 4.98 Å². The average Bonchev–Trinajstić information content (AvgIpc) is 2.92. The second kappa shape index (κ2) is 6.12. The predicted octanol–water partition coefficient (Wildman–Crippen LogP) is 3.80. The number of imidazole rings is 1. The Bertz CT molecular complexity index is 851. The Morgan fingerprint density at radius 2 is 1.96 bits per heavy atom. The molecule has 0 unspecified atom stereocenters. The number of nitrogens with zero attached hydrogens (tertiary/aromatic N) is 2. The fraction of sp³-hybridized carbons (Fsp3) is 0.222. The van der Waals surface area contributed by atoms with Gasteiger partial charge in [0, 0.05) is 11.8 Å². The van der Waals surface area contributed by atoms with Crippen LogP contribution in [0.4, 0.5) is 0 Å². The molecule has 0 saturated carbocycles. The zero-order valence-electron chi connectivity index (χ0n) is 13.1. The summed E-state index contributed by atoms with van der Waals surface area (Å²) in [6, 6.07) is 11.1. The summed E-state index contributed by atoms with van der Waals surface area (Å²) >= 11 is 0. The van der Waals surface area contributed by atoms with Crippen LogP contribution in [-0.4, -0.2) is 27.1 Å². The zero-order valence-corrected chi connectivity index (χ0v) is 13.1. The standard InChI is InChI=1S/C18H18N2O3/c1-3-10-23-14-7-5-13(6-8-14)16-17(18(21)22)20-11-12(2)4-9-15(20)19-16/h4-9,11H,3,10H2,1-2H3,(H,21,22). The van der Waals surface area contributed by atoms with E-state index in [4.69, 9.17) is 4.74 Å². The summed E-state index contributed by atoms with van der Waals surface area (Å²) in [5.41, 5.74) is 2.99. The van der Waals surface area contributed by atoms with Crippen LogP contribution in [0.1, 0.15) is 29.4 Å². The lowest BCUT2D eigenvalue weighted by atomic mass is 10.1. The molecular formula is C18H18N2O3. The first-order chi connectivity index (χ1) is 11.1. The molecule has 0 fully saturated rings. The van der Waals surface area contributed by atoms with Gasteiger partial charge in [-0.1, -0.05) is 13.0 Å². The number of aromatic nitrogens is 2. The number of hydrogen-bond donors (Lipinski definition) is 1. The van der Waals surface area contributed by atoms with Crippen LogP contribution < -0.4 is 4.74 Å². The normalized spacial score (nSPS) is 10.9. The van der Waals surface area contributed by atoms with Gasteiger partial charge >= 0.3 is 5.97 Å². The third-order valence-electron chi connectivity index (χ3n) is 3.57. The lowest BCUT2D eigenvalue weighted by Gasteiger charge is -2.05. The molecule has 0 bridgehead atoms. The maximum Gasteiger partial charge on any atom is 0.355 e. The Hall–Kier alpha value is -2.82. The highest BCUT2D eigenvalue weighted by atomic mass is 16.5. The van der Waals surface area contributed by atoms with E-state index in [-0.39, 0.29) is 5.69 Å². The van der Waals surface area contributed by atoms with E-state index in [9.17, 15) is 9.90 Å². The molecule has 2 heterocycles. The molecule has 118 valence electrons. The van der Waals surface area contributed by atoms with Crippen molar-refractivity contribution in [2.45, 2.75) is 20.3 Å². The summed E-state index contributed by atoms with van der Waals surface area (Å²) < 4.78 is 7.18. The topological polar surface area (TPSA) is 63.8 Å². The Labute approximate surface area is 134 Å². The van der Waals surface area contributed by atoms with Gasteiger partial charge in [-0.2, -0.15) is 0 Å². The monoisotopic (exact) mass is 310 g/mol. The molecule has 0 spiro atoms. The highest BCUT2D eigenvalue weighted by molar-refractivity contribution is 5.94. The fourth-order valence-electron chi connectivity index (χ4n) is 2.49. The lowest BCUT2D eigenvalue weighted by Crippen LogP contribution is -2.03. The van der Waals surface area contributed by atoms with Crippen molar-refractivity contribution in [1.29, 1.82) is 0 Å². The van der Waals surface area contributed by atoms with Crippen molar-refractivity contribution >= 4 is 11.6 Å². The molecule has 0 aliphatic rings. The molecule has 3 aromatic rings. The van der Waals surface area contributed by atoms with Crippen molar-refractivity contribution in [3.05, 3.63) is 53.9 Å². The number of aryl methyl sites for hydroxylation is 1. The number of fused-ring (bicyclic) bond motifs is 1. The van der Waals surface area contributed by atoms with E-state index in [1.165, 1.54) is 0 Å². The third-order valence-corrected chi connectivity index (χ3v) is 3.57. The van der Waals surface area contributed by atoms with Crippen LogP contribution in [-0.2, 0) is 0 Å². The van der Waals surface area contributed by atoms with E-state index in [0.29, 0.717) is 17.9 Å². The first kappa shape index (κ1) is 15.1. The molecule has 2 aromatic heterocycles. The van der Waals surface area contributed by atoms with Crippen LogP contribution in [0, 0.1) is 6.92 Å². The van der Waals surface area contributed by atoms with Crippen LogP contribution in [0.3, 0.4) is 0 Å². The Kier molecular flexibility index (Phi) is 4.02. The van der Waals surface area contributed by atoms with Crippen molar-refractivity contribution in [3.8, 4) is 17.0 Å². The van der Waals surface area contributed by atoms with Crippen LogP contribution in [0.25, 0.3) is 16.9 Å². The maximum atomic E-state index is 11.7. The van der Waals surface area contributed by atoms with Gasteiger partial charge in [0.2, 0.25) is 0 Å². The molecule has 1 N–H and O–H groups in total. The van der Waals surface area contributed by atoms with Gasteiger partial charge in [0.1, 0.15) is 17.1 Å². The Morgan fingerprint density at radius 3 is 2.61 bits per heavy atom. The number of rotatable bonds is 5. The van der Waals surface area contributed by atoms with Crippen LogP contribution in [0.2, 0.25) is 0 Å². The minimum atomic E-state index is -0.996. The van der Waals surface area contributed by atoms with Gasteiger partial charge in [-0.05, 0) is 49.2 Å². The largest absolute Gasteiger partial charge is 0.494 e. The van der Waals surface area contributed by atoms with Crippen molar-refractivity contribution < 1.29 is 14.6 Å². The van der Waals surface area contributed by atoms with E-state index in [1.807, 2.05) is 50.2 Å². The highest BCUT2D eigenvalue weighted by Crippen LogP contribution is 2.27. The molecule has 23 heavy (non-hydrogen) atoms. The number of hydrogen-bond acceptors (Lipinski definition) is 3. The number of carbonyl (C=O) groups is 1. The molecule has 5 heteroatoms. The molecule has 1 aromatic carbocycles. The molecule has 5 nitrogen and oxygen atoms in total. The van der Waals surface area contributed by atoms with Gasteiger partial charge in [-0.3, -0.25) is 4.40 Å². The van der Waals surface area contributed by atoms with Gasteiger partial charge < -0.3 is 9.84 Å². The summed E-state index contributed by atoms with van der Waals surface area (Å²) in [5.74, 6) is -0.225. The second-order valence-corrected chi connectivity index (χ2v) is 5.42. The number of pyridine rings is 1. The number of ether oxygens (including phenoxy) is 1. The minimum absolute atomic E-state index is 0.172. The molecule has 0 aliphatic heterocycles. The summed E-state index contributed by atoms with van der Waals surface area (Å²) in [6.07, 6.45) is 2.73. The fourth-order valence-corrected chi connectivity index (χ4v) is 2.49. The Balaban J connectivity index is 2.08. The number of carboxylic acid groups (broad SMARTS) is 1. The van der Waals surface area contributed by atoms with Gasteiger partial charge in [-0.15, -0.1) is 0 Å². The summed E-state index contributed by atoms with van der Waals surface area (Å²) in [7, 11) is 0. The summed E-state index contributed by atoms with van der Waals surface area (Å²) in [6.45, 7) is 4.63. The molecule has 0 saturated heterocycles. The van der Waals surface area contributed by atoms with Crippen LogP contribution in [0.5, 0.6) is 5.75 Å². The van der Waals surface area contributed by atoms with E-state index in [0.717, 1.165) is 23.3 Å². The summed E-state index contributed by atoms with van der Waals surface area (Å²) in [5, 5.41) is 9.59. The average molecular weight is 310 g/mol. The van der Waals surface area contributed by atoms with Gasteiger partial charge in [-0.25, -0.2) is 9.78 Å². The molecular weight excluding hydrogens is 292 g/mol. The molecule has 0 aliphatic carbocycles. The number of aromatic carboxylic acids is 1. The van der Waals surface area contributed by atoms with Crippen LogP contribution >= 0.6 is 0 Å². The number of carboxylic acids is 1. The second-order valence-electron chi connectivity index (χ2n) is 5.42. The minimum Gasteiger partial charge on any atom is -0.494 e. The van der Waals surface area contributed by atoms with E-state index < -0.39 is 5.97 Å². The first-order valence-electron chi connectivity index (χ1n) is 7.55.